The number of likely N-dealkylation sites (tertiary alicyclic amines) is 1. The van der Waals surface area contributed by atoms with E-state index in [4.69, 9.17) is 9.72 Å². The van der Waals surface area contributed by atoms with Gasteiger partial charge in [-0.1, -0.05) is 30.2 Å². The summed E-state index contributed by atoms with van der Waals surface area (Å²) in [7, 11) is 0. The number of halogens is 2. The standard InChI is InChI=1S/C29H26F2N4O2/c1-3-6-26(36)34-15-5-4-7-25(34)29-33-27(28-19(2)32-14-16-35(28)29)21-10-8-20(9-11-21)18-37-22-12-13-23(30)24(31)17-22/h8-14,16-17,25H,4-5,7,15,18H2,1-2H3/t25-/m0/s1. The Morgan fingerprint density at radius 2 is 1.95 bits per heavy atom. The maximum Gasteiger partial charge on any atom is 0.299 e. The van der Waals surface area contributed by atoms with Gasteiger partial charge in [-0.25, -0.2) is 13.8 Å². The zero-order valence-corrected chi connectivity index (χ0v) is 20.7. The quantitative estimate of drug-likeness (QED) is 0.333. The van der Waals surface area contributed by atoms with Gasteiger partial charge < -0.3 is 9.64 Å². The smallest absolute Gasteiger partial charge is 0.299 e. The van der Waals surface area contributed by atoms with Crippen LogP contribution < -0.4 is 4.74 Å². The molecule has 1 fully saturated rings. The van der Waals surface area contributed by atoms with Gasteiger partial charge in [0.2, 0.25) is 0 Å². The number of piperidine rings is 1. The second-order valence-electron chi connectivity index (χ2n) is 9.00. The number of aromatic nitrogens is 3. The minimum atomic E-state index is -0.945. The average Bonchev–Trinajstić information content (AvgIpc) is 3.31. The molecule has 0 aliphatic carbocycles. The first-order valence-electron chi connectivity index (χ1n) is 12.2. The fraction of sp³-hybridized carbons (Fsp3) is 0.276. The summed E-state index contributed by atoms with van der Waals surface area (Å²) in [5.41, 5.74) is 4.29. The molecular formula is C29H26F2N4O2. The van der Waals surface area contributed by atoms with E-state index >= 15 is 0 Å². The topological polar surface area (TPSA) is 59.7 Å². The molecule has 1 atom stereocenters. The molecule has 8 heteroatoms. The molecule has 5 rings (SSSR count). The third kappa shape index (κ3) is 4.90. The first-order chi connectivity index (χ1) is 18.0. The van der Waals surface area contributed by atoms with Crippen LogP contribution in [0.15, 0.2) is 54.9 Å². The number of hydrogen-bond acceptors (Lipinski definition) is 4. The Morgan fingerprint density at radius 1 is 1.14 bits per heavy atom. The summed E-state index contributed by atoms with van der Waals surface area (Å²) in [6.45, 7) is 4.47. The first kappa shape index (κ1) is 24.4. The highest BCUT2D eigenvalue weighted by Crippen LogP contribution is 2.35. The molecule has 188 valence electrons. The maximum absolute atomic E-state index is 13.5. The van der Waals surface area contributed by atoms with Crippen molar-refractivity contribution in [2.75, 3.05) is 6.54 Å². The average molecular weight is 501 g/mol. The summed E-state index contributed by atoms with van der Waals surface area (Å²) in [5.74, 6) is 4.43. The second-order valence-corrected chi connectivity index (χ2v) is 9.00. The molecule has 37 heavy (non-hydrogen) atoms. The fourth-order valence-corrected chi connectivity index (χ4v) is 4.77. The molecule has 2 aromatic carbocycles. The van der Waals surface area contributed by atoms with Gasteiger partial charge in [-0.05, 0) is 56.7 Å². The van der Waals surface area contributed by atoms with Crippen molar-refractivity contribution in [2.24, 2.45) is 0 Å². The van der Waals surface area contributed by atoms with Gasteiger partial charge in [-0.15, -0.1) is 0 Å². The number of benzene rings is 2. The SMILES string of the molecule is CC#CC(=O)N1CCCC[C@H]1c1nc(-c2ccc(COc3ccc(F)c(F)c3)cc2)c2c(C)nccn12. The lowest BCUT2D eigenvalue weighted by Gasteiger charge is -2.33. The second kappa shape index (κ2) is 10.4. The summed E-state index contributed by atoms with van der Waals surface area (Å²) < 4.78 is 34.3. The molecular weight excluding hydrogens is 474 g/mol. The van der Waals surface area contributed by atoms with E-state index in [1.165, 1.54) is 6.07 Å². The van der Waals surface area contributed by atoms with Crippen LogP contribution in [-0.2, 0) is 11.4 Å². The molecule has 1 aliphatic heterocycles. The minimum absolute atomic E-state index is 0.172. The van der Waals surface area contributed by atoms with Crippen LogP contribution in [0.1, 0.15) is 49.3 Å². The molecule has 1 amide bonds. The van der Waals surface area contributed by atoms with Crippen molar-refractivity contribution >= 4 is 11.4 Å². The van der Waals surface area contributed by atoms with E-state index in [-0.39, 0.29) is 24.3 Å². The van der Waals surface area contributed by atoms with E-state index in [0.29, 0.717) is 6.54 Å². The summed E-state index contributed by atoms with van der Waals surface area (Å²) in [4.78, 5) is 24.1. The fourth-order valence-electron chi connectivity index (χ4n) is 4.77. The van der Waals surface area contributed by atoms with Gasteiger partial charge in [-0.3, -0.25) is 14.2 Å². The van der Waals surface area contributed by atoms with E-state index in [1.807, 2.05) is 46.7 Å². The predicted molar refractivity (Wildman–Crippen MR) is 136 cm³/mol. The number of fused-ring (bicyclic) bond motifs is 1. The summed E-state index contributed by atoms with van der Waals surface area (Å²) in [6, 6.07) is 11.0. The van der Waals surface area contributed by atoms with Crippen molar-refractivity contribution < 1.29 is 18.3 Å². The van der Waals surface area contributed by atoms with Crippen molar-refractivity contribution in [3.05, 3.63) is 83.6 Å². The van der Waals surface area contributed by atoms with E-state index in [9.17, 15) is 13.6 Å². The van der Waals surface area contributed by atoms with Crippen molar-refractivity contribution in [2.45, 2.75) is 45.8 Å². The van der Waals surface area contributed by atoms with Gasteiger partial charge in [0, 0.05) is 30.6 Å². The molecule has 0 unspecified atom stereocenters. The van der Waals surface area contributed by atoms with Crippen molar-refractivity contribution in [3.8, 4) is 28.8 Å². The first-order valence-corrected chi connectivity index (χ1v) is 12.2. The lowest BCUT2D eigenvalue weighted by atomic mass is 10.0. The molecule has 1 saturated heterocycles. The molecule has 0 N–H and O–H groups in total. The predicted octanol–water partition coefficient (Wildman–Crippen LogP) is 5.64. The van der Waals surface area contributed by atoms with Crippen LogP contribution >= 0.6 is 0 Å². The van der Waals surface area contributed by atoms with Gasteiger partial charge in [0.15, 0.2) is 11.6 Å². The lowest BCUT2D eigenvalue weighted by molar-refractivity contribution is -0.129. The Kier molecular flexibility index (Phi) is 6.87. The van der Waals surface area contributed by atoms with Gasteiger partial charge in [0.1, 0.15) is 18.2 Å². The summed E-state index contributed by atoms with van der Waals surface area (Å²) in [6.07, 6.45) is 6.41. The van der Waals surface area contributed by atoms with E-state index in [0.717, 1.165) is 65.3 Å². The van der Waals surface area contributed by atoms with E-state index < -0.39 is 11.6 Å². The molecule has 0 spiro atoms. The maximum atomic E-state index is 13.5. The normalized spacial score (nSPS) is 15.4. The third-order valence-corrected chi connectivity index (χ3v) is 6.58. The van der Waals surface area contributed by atoms with E-state index in [2.05, 4.69) is 16.8 Å². The van der Waals surface area contributed by atoms with Gasteiger partial charge in [0.25, 0.3) is 5.91 Å². The van der Waals surface area contributed by atoms with Crippen LogP contribution in [-0.4, -0.2) is 31.7 Å². The Morgan fingerprint density at radius 3 is 2.70 bits per heavy atom. The van der Waals surface area contributed by atoms with Crippen molar-refractivity contribution in [3.63, 3.8) is 0 Å². The highest BCUT2D eigenvalue weighted by atomic mass is 19.2. The molecule has 6 nitrogen and oxygen atoms in total. The third-order valence-electron chi connectivity index (χ3n) is 6.58. The molecule has 0 saturated carbocycles. The Balaban J connectivity index is 1.46. The highest BCUT2D eigenvalue weighted by Gasteiger charge is 2.31. The van der Waals surface area contributed by atoms with Crippen LogP contribution in [0.3, 0.4) is 0 Å². The number of imidazole rings is 1. The number of amides is 1. The van der Waals surface area contributed by atoms with Crippen LogP contribution in [0.25, 0.3) is 16.8 Å². The van der Waals surface area contributed by atoms with Crippen molar-refractivity contribution in [1.82, 2.24) is 19.3 Å². The molecule has 0 radical (unpaired) electrons. The van der Waals surface area contributed by atoms with Crippen LogP contribution in [0.5, 0.6) is 5.75 Å². The Hall–Kier alpha value is -4.25. The van der Waals surface area contributed by atoms with E-state index in [1.54, 1.807) is 13.1 Å². The molecule has 1 aliphatic rings. The molecule has 2 aromatic heterocycles. The Labute approximate surface area is 213 Å². The highest BCUT2D eigenvalue weighted by molar-refractivity contribution is 5.93. The number of hydrogen-bond donors (Lipinski definition) is 0. The van der Waals surface area contributed by atoms with Crippen molar-refractivity contribution in [1.29, 1.82) is 0 Å². The zero-order chi connectivity index (χ0) is 25.9. The number of nitrogens with zero attached hydrogens (tertiary/aromatic N) is 4. The van der Waals surface area contributed by atoms with Gasteiger partial charge in [0.05, 0.1) is 22.9 Å². The molecule has 4 aromatic rings. The lowest BCUT2D eigenvalue weighted by Crippen LogP contribution is -2.38. The number of ether oxygens (including phenoxy) is 1. The zero-order valence-electron chi connectivity index (χ0n) is 20.7. The number of carbonyl (C=O) groups excluding carboxylic acids is 1. The van der Waals surface area contributed by atoms with Crippen LogP contribution in [0.2, 0.25) is 0 Å². The van der Waals surface area contributed by atoms with Gasteiger partial charge in [-0.2, -0.15) is 0 Å². The Bertz CT molecular complexity index is 1520. The van der Waals surface area contributed by atoms with Gasteiger partial charge >= 0.3 is 0 Å². The molecule has 3 heterocycles. The molecule has 0 bridgehead atoms. The number of aryl methyl sites for hydroxylation is 1. The monoisotopic (exact) mass is 500 g/mol. The van der Waals surface area contributed by atoms with Crippen LogP contribution in [0.4, 0.5) is 8.78 Å². The number of rotatable bonds is 5. The minimum Gasteiger partial charge on any atom is -0.489 e. The summed E-state index contributed by atoms with van der Waals surface area (Å²) in [5, 5.41) is 0. The summed E-state index contributed by atoms with van der Waals surface area (Å²) >= 11 is 0. The van der Waals surface area contributed by atoms with Crippen LogP contribution in [0, 0.1) is 30.4 Å². The largest absolute Gasteiger partial charge is 0.489 e. The number of carbonyl (C=O) groups is 1.